The van der Waals surface area contributed by atoms with E-state index in [0.717, 1.165) is 17.1 Å². The third-order valence-corrected chi connectivity index (χ3v) is 10.9. The Morgan fingerprint density at radius 2 is 1.19 bits per heavy atom. The van der Waals surface area contributed by atoms with Gasteiger partial charge in [-0.05, 0) is 87.0 Å². The Kier molecular flexibility index (Phi) is 6.38. The molecule has 0 amide bonds. The van der Waals surface area contributed by atoms with E-state index < -0.39 is 0 Å². The molecule has 1 aliphatic rings. The lowest BCUT2D eigenvalue weighted by Gasteiger charge is -2.29. The molecule has 0 fully saturated rings. The monoisotopic (exact) mass is 620 g/mol. The lowest BCUT2D eigenvalue weighted by atomic mass is 9.82. The normalized spacial score (nSPS) is 13.1. The lowest BCUT2D eigenvalue weighted by molar-refractivity contribution is 0.660. The van der Waals surface area contributed by atoms with Crippen LogP contribution in [0.2, 0.25) is 0 Å². The standard InChI is InChI=1S/C44H32N2S/c1-44(2)38-17-10-9-16-34(38)37-27-32(21-23-39(37)44)46(40-18-11-19-41-43(40)35-24-25-45-28-42(35)47-41)31-20-22-33(29-12-5-3-6-13-29)36(26-31)30-14-7-4-8-15-30/h3-28H,1-2H3. The molecule has 0 saturated carbocycles. The van der Waals surface area contributed by atoms with Gasteiger partial charge in [0.15, 0.2) is 0 Å². The van der Waals surface area contributed by atoms with Crippen LogP contribution >= 0.6 is 11.3 Å². The Morgan fingerprint density at radius 1 is 0.532 bits per heavy atom. The summed E-state index contributed by atoms with van der Waals surface area (Å²) in [6, 6.07) is 53.2. The van der Waals surface area contributed by atoms with Crippen LogP contribution in [0.1, 0.15) is 25.0 Å². The molecule has 0 N–H and O–H groups in total. The number of fused-ring (bicyclic) bond motifs is 6. The zero-order chi connectivity index (χ0) is 31.5. The van der Waals surface area contributed by atoms with Crippen LogP contribution < -0.4 is 4.90 Å². The predicted molar refractivity (Wildman–Crippen MR) is 200 cm³/mol. The Hall–Kier alpha value is -5.51. The van der Waals surface area contributed by atoms with E-state index in [1.807, 2.05) is 12.4 Å². The summed E-state index contributed by atoms with van der Waals surface area (Å²) in [5.41, 5.74) is 13.6. The first-order chi connectivity index (χ1) is 23.1. The molecule has 0 bridgehead atoms. The first-order valence-corrected chi connectivity index (χ1v) is 16.9. The molecule has 0 saturated heterocycles. The topological polar surface area (TPSA) is 16.1 Å². The summed E-state index contributed by atoms with van der Waals surface area (Å²) in [4.78, 5) is 6.92. The second-order valence-electron chi connectivity index (χ2n) is 12.8. The SMILES string of the molecule is CC1(C)c2ccccc2-c2cc(N(c3ccc(-c4ccccc4)c(-c4ccccc4)c3)c3cccc4sc5cnccc5c34)ccc21. The largest absolute Gasteiger partial charge is 0.310 e. The van der Waals surface area contributed by atoms with Crippen molar-refractivity contribution < 1.29 is 0 Å². The fraction of sp³-hybridized carbons (Fsp3) is 0.0682. The Morgan fingerprint density at radius 3 is 1.98 bits per heavy atom. The van der Waals surface area contributed by atoms with E-state index in [0.29, 0.717) is 0 Å². The summed E-state index contributed by atoms with van der Waals surface area (Å²) in [5.74, 6) is 0. The number of aromatic nitrogens is 1. The summed E-state index contributed by atoms with van der Waals surface area (Å²) in [6.45, 7) is 4.69. The van der Waals surface area contributed by atoms with Gasteiger partial charge in [0.2, 0.25) is 0 Å². The molecule has 2 aromatic heterocycles. The minimum Gasteiger partial charge on any atom is -0.310 e. The molecule has 224 valence electrons. The van der Waals surface area contributed by atoms with Gasteiger partial charge in [-0.2, -0.15) is 0 Å². The minimum atomic E-state index is -0.0519. The van der Waals surface area contributed by atoms with Gasteiger partial charge in [0.25, 0.3) is 0 Å². The Labute approximate surface area is 279 Å². The van der Waals surface area contributed by atoms with Crippen LogP contribution in [0.4, 0.5) is 17.1 Å². The molecule has 9 rings (SSSR count). The highest BCUT2D eigenvalue weighted by atomic mass is 32.1. The van der Waals surface area contributed by atoms with Gasteiger partial charge in [-0.25, -0.2) is 0 Å². The van der Waals surface area contributed by atoms with Crippen LogP contribution in [0.3, 0.4) is 0 Å². The van der Waals surface area contributed by atoms with E-state index in [-0.39, 0.29) is 5.41 Å². The van der Waals surface area contributed by atoms with Gasteiger partial charge in [0.05, 0.1) is 10.4 Å². The third-order valence-electron chi connectivity index (χ3n) is 9.78. The summed E-state index contributed by atoms with van der Waals surface area (Å²) in [7, 11) is 0. The van der Waals surface area contributed by atoms with Crippen LogP contribution in [-0.4, -0.2) is 4.98 Å². The summed E-state index contributed by atoms with van der Waals surface area (Å²) >= 11 is 1.80. The first-order valence-electron chi connectivity index (χ1n) is 16.1. The van der Waals surface area contributed by atoms with Gasteiger partial charge in [-0.1, -0.05) is 117 Å². The molecule has 1 aliphatic carbocycles. The second kappa shape index (κ2) is 10.8. The van der Waals surface area contributed by atoms with Crippen LogP contribution in [0.5, 0.6) is 0 Å². The highest BCUT2D eigenvalue weighted by Gasteiger charge is 2.35. The number of anilines is 3. The summed E-state index contributed by atoms with van der Waals surface area (Å²) in [5, 5.41) is 2.49. The van der Waals surface area contributed by atoms with Gasteiger partial charge in [-0.3, -0.25) is 4.98 Å². The number of pyridine rings is 1. The van der Waals surface area contributed by atoms with Gasteiger partial charge in [0.1, 0.15) is 0 Å². The number of nitrogens with zero attached hydrogens (tertiary/aromatic N) is 2. The molecule has 47 heavy (non-hydrogen) atoms. The molecule has 2 nitrogen and oxygen atoms in total. The fourth-order valence-corrected chi connectivity index (χ4v) is 8.61. The van der Waals surface area contributed by atoms with Gasteiger partial charge >= 0.3 is 0 Å². The van der Waals surface area contributed by atoms with Crippen molar-refractivity contribution in [3.8, 4) is 33.4 Å². The first kappa shape index (κ1) is 27.8. The quantitative estimate of drug-likeness (QED) is 0.190. The minimum absolute atomic E-state index is 0.0519. The summed E-state index contributed by atoms with van der Waals surface area (Å²) in [6.07, 6.45) is 3.90. The molecule has 6 aromatic carbocycles. The van der Waals surface area contributed by atoms with E-state index in [9.17, 15) is 0 Å². The second-order valence-corrected chi connectivity index (χ2v) is 13.9. The van der Waals surface area contributed by atoms with E-state index in [1.165, 1.54) is 64.7 Å². The molecule has 0 unspecified atom stereocenters. The van der Waals surface area contributed by atoms with Crippen molar-refractivity contribution in [2.45, 2.75) is 19.3 Å². The van der Waals surface area contributed by atoms with Crippen LogP contribution in [0.25, 0.3) is 53.6 Å². The molecular formula is C44H32N2S. The highest BCUT2D eigenvalue weighted by Crippen LogP contribution is 2.52. The Balaban J connectivity index is 1.33. The number of benzene rings is 6. The van der Waals surface area contributed by atoms with Crippen molar-refractivity contribution >= 4 is 48.6 Å². The van der Waals surface area contributed by atoms with Gasteiger partial charge in [0, 0.05) is 44.7 Å². The number of rotatable bonds is 5. The summed E-state index contributed by atoms with van der Waals surface area (Å²) < 4.78 is 2.45. The third kappa shape index (κ3) is 4.42. The van der Waals surface area contributed by atoms with Crippen molar-refractivity contribution in [1.82, 2.24) is 4.98 Å². The van der Waals surface area contributed by atoms with Crippen LogP contribution in [0.15, 0.2) is 158 Å². The maximum absolute atomic E-state index is 4.45. The molecule has 0 aliphatic heterocycles. The van der Waals surface area contributed by atoms with Crippen LogP contribution in [-0.2, 0) is 5.41 Å². The molecule has 2 heterocycles. The maximum Gasteiger partial charge on any atom is 0.0554 e. The molecular weight excluding hydrogens is 589 g/mol. The van der Waals surface area contributed by atoms with E-state index in [2.05, 4.69) is 169 Å². The number of hydrogen-bond acceptors (Lipinski definition) is 3. The van der Waals surface area contributed by atoms with Gasteiger partial charge in [-0.15, -0.1) is 11.3 Å². The van der Waals surface area contributed by atoms with Crippen molar-refractivity contribution in [2.24, 2.45) is 0 Å². The van der Waals surface area contributed by atoms with E-state index in [4.69, 9.17) is 0 Å². The maximum atomic E-state index is 4.45. The smallest absolute Gasteiger partial charge is 0.0554 e. The average Bonchev–Trinajstić information content (AvgIpc) is 3.62. The van der Waals surface area contributed by atoms with Crippen molar-refractivity contribution in [2.75, 3.05) is 4.90 Å². The predicted octanol–water partition coefficient (Wildman–Crippen LogP) is 12.6. The van der Waals surface area contributed by atoms with E-state index >= 15 is 0 Å². The van der Waals surface area contributed by atoms with Crippen molar-refractivity contribution in [3.63, 3.8) is 0 Å². The van der Waals surface area contributed by atoms with Crippen molar-refractivity contribution in [1.29, 1.82) is 0 Å². The zero-order valence-electron chi connectivity index (χ0n) is 26.3. The molecule has 0 atom stereocenters. The zero-order valence-corrected chi connectivity index (χ0v) is 27.1. The molecule has 3 heteroatoms. The Bertz CT molecular complexity index is 2440. The van der Waals surface area contributed by atoms with Crippen molar-refractivity contribution in [3.05, 3.63) is 169 Å². The number of hydrogen-bond donors (Lipinski definition) is 0. The lowest BCUT2D eigenvalue weighted by Crippen LogP contribution is -2.15. The fourth-order valence-electron chi connectivity index (χ4n) is 7.52. The van der Waals surface area contributed by atoms with Crippen LogP contribution in [0, 0.1) is 0 Å². The average molecular weight is 621 g/mol. The molecule has 8 aromatic rings. The van der Waals surface area contributed by atoms with Gasteiger partial charge < -0.3 is 4.90 Å². The highest BCUT2D eigenvalue weighted by molar-refractivity contribution is 7.25. The van der Waals surface area contributed by atoms with E-state index in [1.54, 1.807) is 11.3 Å². The molecule has 0 spiro atoms. The number of thiophene rings is 1. The molecule has 0 radical (unpaired) electrons.